The fraction of sp³-hybridized carbons (Fsp3) is 0.214. The fourth-order valence-corrected chi connectivity index (χ4v) is 2.86. The molecular weight excluding hydrogens is 270 g/mol. The van der Waals surface area contributed by atoms with Crippen LogP contribution in [0.1, 0.15) is 0 Å². The number of aromatic nitrogens is 3. The lowest BCUT2D eigenvalue weighted by Gasteiger charge is -2.15. The number of thiazole rings is 1. The maximum absolute atomic E-state index is 5.56. The zero-order valence-corrected chi connectivity index (χ0v) is 12.0. The van der Waals surface area contributed by atoms with Crippen LogP contribution in [0.4, 0.5) is 5.95 Å². The van der Waals surface area contributed by atoms with Crippen molar-refractivity contribution in [2.45, 2.75) is 0 Å². The molecule has 0 radical (unpaired) electrons. The van der Waals surface area contributed by atoms with Crippen LogP contribution in [0.3, 0.4) is 0 Å². The third-order valence-electron chi connectivity index (χ3n) is 2.96. The van der Waals surface area contributed by atoms with Gasteiger partial charge in [0, 0.05) is 26.3 Å². The van der Waals surface area contributed by atoms with Crippen molar-refractivity contribution in [3.63, 3.8) is 0 Å². The van der Waals surface area contributed by atoms with Crippen molar-refractivity contribution in [2.75, 3.05) is 25.0 Å². The molecule has 3 aromatic rings. The molecule has 0 unspecified atom stereocenters. The molecule has 2 N–H and O–H groups in total. The molecule has 0 bridgehead atoms. The average Bonchev–Trinajstić information content (AvgIpc) is 2.91. The summed E-state index contributed by atoms with van der Waals surface area (Å²) < 4.78 is 1.16. The summed E-state index contributed by atoms with van der Waals surface area (Å²) in [4.78, 5) is 15.4. The molecule has 0 saturated heterocycles. The van der Waals surface area contributed by atoms with E-state index < -0.39 is 0 Å². The molecule has 2 aromatic heterocycles. The topological polar surface area (TPSA) is 67.9 Å². The molecule has 102 valence electrons. The number of hydrogen-bond donors (Lipinski definition) is 1. The fourth-order valence-electron chi connectivity index (χ4n) is 1.93. The Morgan fingerprint density at radius 2 is 2.05 bits per heavy atom. The summed E-state index contributed by atoms with van der Waals surface area (Å²) in [5.74, 6) is 0.673. The Hall–Kier alpha value is -2.05. The van der Waals surface area contributed by atoms with Crippen LogP contribution in [0.25, 0.3) is 20.9 Å². The van der Waals surface area contributed by atoms with Gasteiger partial charge >= 0.3 is 0 Å². The Kier molecular flexibility index (Phi) is 3.58. The Balaban J connectivity index is 1.99. The van der Waals surface area contributed by atoms with Crippen LogP contribution in [0.2, 0.25) is 0 Å². The van der Waals surface area contributed by atoms with E-state index in [1.54, 1.807) is 17.5 Å². The van der Waals surface area contributed by atoms with Crippen molar-refractivity contribution >= 4 is 27.5 Å². The van der Waals surface area contributed by atoms with Gasteiger partial charge in [0.1, 0.15) is 10.7 Å². The highest BCUT2D eigenvalue weighted by Gasteiger charge is 2.10. The molecular formula is C14H15N5S. The van der Waals surface area contributed by atoms with E-state index in [9.17, 15) is 0 Å². The number of anilines is 1. The van der Waals surface area contributed by atoms with Crippen LogP contribution >= 0.6 is 11.3 Å². The number of nitrogens with two attached hydrogens (primary N) is 1. The monoisotopic (exact) mass is 285 g/mol. The van der Waals surface area contributed by atoms with E-state index in [0.29, 0.717) is 12.5 Å². The van der Waals surface area contributed by atoms with Crippen LogP contribution < -0.4 is 10.6 Å². The molecule has 5 nitrogen and oxygen atoms in total. The first kappa shape index (κ1) is 13.0. The van der Waals surface area contributed by atoms with Crippen LogP contribution in [0, 0.1) is 0 Å². The highest BCUT2D eigenvalue weighted by Crippen LogP contribution is 2.29. The molecule has 20 heavy (non-hydrogen) atoms. The number of rotatable bonds is 4. The van der Waals surface area contributed by atoms with Gasteiger partial charge in [-0.25, -0.2) is 15.0 Å². The van der Waals surface area contributed by atoms with Gasteiger partial charge in [0.15, 0.2) is 0 Å². The van der Waals surface area contributed by atoms with Crippen LogP contribution in [0.5, 0.6) is 0 Å². The van der Waals surface area contributed by atoms with Gasteiger partial charge in [-0.1, -0.05) is 12.1 Å². The van der Waals surface area contributed by atoms with Gasteiger partial charge < -0.3 is 10.6 Å². The summed E-state index contributed by atoms with van der Waals surface area (Å²) >= 11 is 1.64. The average molecular weight is 285 g/mol. The molecule has 0 spiro atoms. The first-order valence-corrected chi connectivity index (χ1v) is 7.20. The van der Waals surface area contributed by atoms with E-state index in [4.69, 9.17) is 5.73 Å². The highest BCUT2D eigenvalue weighted by atomic mass is 32.1. The van der Waals surface area contributed by atoms with Crippen LogP contribution in [-0.4, -0.2) is 35.1 Å². The Morgan fingerprint density at radius 3 is 2.85 bits per heavy atom. The summed E-state index contributed by atoms with van der Waals surface area (Å²) in [5, 5.41) is 0.913. The molecule has 0 saturated carbocycles. The van der Waals surface area contributed by atoms with Gasteiger partial charge in [0.25, 0.3) is 0 Å². The molecule has 1 aromatic carbocycles. The second kappa shape index (κ2) is 5.52. The van der Waals surface area contributed by atoms with E-state index in [2.05, 4.69) is 21.0 Å². The van der Waals surface area contributed by atoms with Crippen molar-refractivity contribution in [1.29, 1.82) is 0 Å². The minimum atomic E-state index is 0.575. The van der Waals surface area contributed by atoms with Crippen molar-refractivity contribution < 1.29 is 0 Å². The summed E-state index contributed by atoms with van der Waals surface area (Å²) in [7, 11) is 1.93. The number of nitrogens with zero attached hydrogens (tertiary/aromatic N) is 4. The molecule has 0 fully saturated rings. The first-order valence-electron chi connectivity index (χ1n) is 6.38. The molecule has 0 aliphatic rings. The summed E-state index contributed by atoms with van der Waals surface area (Å²) in [5.41, 5.74) is 7.41. The molecule has 0 amide bonds. The lowest BCUT2D eigenvalue weighted by molar-refractivity contribution is 0.846. The SMILES string of the molecule is CN(CCN)c1nccc(-c2nc3ccccc3s2)n1. The van der Waals surface area contributed by atoms with Gasteiger partial charge in [-0.15, -0.1) is 11.3 Å². The van der Waals surface area contributed by atoms with Gasteiger partial charge in [-0.05, 0) is 18.2 Å². The van der Waals surface area contributed by atoms with Crippen LogP contribution in [0.15, 0.2) is 36.5 Å². The van der Waals surface area contributed by atoms with Crippen LogP contribution in [-0.2, 0) is 0 Å². The minimum Gasteiger partial charge on any atom is -0.343 e. The van der Waals surface area contributed by atoms with Gasteiger partial charge in [0.2, 0.25) is 5.95 Å². The molecule has 3 rings (SSSR count). The van der Waals surface area contributed by atoms with Crippen molar-refractivity contribution in [1.82, 2.24) is 15.0 Å². The Labute approximate surface area is 121 Å². The Morgan fingerprint density at radius 1 is 1.20 bits per heavy atom. The largest absolute Gasteiger partial charge is 0.343 e. The first-order chi connectivity index (χ1) is 9.78. The van der Waals surface area contributed by atoms with Crippen molar-refractivity contribution in [2.24, 2.45) is 5.73 Å². The van der Waals surface area contributed by atoms with E-state index >= 15 is 0 Å². The molecule has 0 aliphatic carbocycles. The van der Waals surface area contributed by atoms with E-state index in [0.717, 1.165) is 27.5 Å². The zero-order chi connectivity index (χ0) is 13.9. The standard InChI is InChI=1S/C14H15N5S/c1-19(9-7-15)14-16-8-6-11(18-14)13-17-10-4-2-3-5-12(10)20-13/h2-6,8H,7,9,15H2,1H3. The maximum Gasteiger partial charge on any atom is 0.225 e. The van der Waals surface area contributed by atoms with Gasteiger partial charge in [-0.3, -0.25) is 0 Å². The van der Waals surface area contributed by atoms with E-state index in [1.807, 2.05) is 36.2 Å². The number of fused-ring (bicyclic) bond motifs is 1. The number of benzene rings is 1. The molecule has 6 heteroatoms. The Bertz CT molecular complexity index is 691. The number of likely N-dealkylation sites (N-methyl/N-ethyl adjacent to an activating group) is 1. The number of para-hydroxylation sites is 1. The lowest BCUT2D eigenvalue weighted by atomic mass is 10.3. The predicted molar refractivity (Wildman–Crippen MR) is 83.0 cm³/mol. The normalized spacial score (nSPS) is 10.9. The lowest BCUT2D eigenvalue weighted by Crippen LogP contribution is -2.26. The molecule has 0 atom stereocenters. The third kappa shape index (κ3) is 2.48. The van der Waals surface area contributed by atoms with Gasteiger partial charge in [-0.2, -0.15) is 0 Å². The maximum atomic E-state index is 5.56. The van der Waals surface area contributed by atoms with E-state index in [-0.39, 0.29) is 0 Å². The zero-order valence-electron chi connectivity index (χ0n) is 11.2. The van der Waals surface area contributed by atoms with Gasteiger partial charge in [0.05, 0.1) is 10.2 Å². The summed E-state index contributed by atoms with van der Waals surface area (Å²) in [6.45, 7) is 1.30. The predicted octanol–water partition coefficient (Wildman–Crippen LogP) is 2.15. The second-order valence-electron chi connectivity index (χ2n) is 4.44. The van der Waals surface area contributed by atoms with Crippen molar-refractivity contribution in [3.8, 4) is 10.7 Å². The highest BCUT2D eigenvalue weighted by molar-refractivity contribution is 7.21. The third-order valence-corrected chi connectivity index (χ3v) is 4.02. The quantitative estimate of drug-likeness (QED) is 0.795. The molecule has 0 aliphatic heterocycles. The number of hydrogen-bond acceptors (Lipinski definition) is 6. The molecule has 2 heterocycles. The second-order valence-corrected chi connectivity index (χ2v) is 5.47. The minimum absolute atomic E-state index is 0.575. The smallest absolute Gasteiger partial charge is 0.225 e. The van der Waals surface area contributed by atoms with E-state index in [1.165, 1.54) is 0 Å². The van der Waals surface area contributed by atoms with Crippen molar-refractivity contribution in [3.05, 3.63) is 36.5 Å². The summed E-state index contributed by atoms with van der Waals surface area (Å²) in [6.07, 6.45) is 1.76. The summed E-state index contributed by atoms with van der Waals surface area (Å²) in [6, 6.07) is 9.98.